The summed E-state index contributed by atoms with van der Waals surface area (Å²) in [7, 11) is 0. The molecule has 19 heavy (non-hydrogen) atoms. The number of aromatic nitrogens is 2. The molecular formula is C15H18N4. The van der Waals surface area contributed by atoms with Gasteiger partial charge in [0.05, 0.1) is 0 Å². The number of rotatable bonds is 3. The van der Waals surface area contributed by atoms with E-state index in [1.165, 1.54) is 19.3 Å². The number of nitrogens with one attached hydrogen (secondary N) is 1. The van der Waals surface area contributed by atoms with Crippen LogP contribution in [0.25, 0.3) is 0 Å². The van der Waals surface area contributed by atoms with Gasteiger partial charge in [-0.1, -0.05) is 31.5 Å². The third kappa shape index (κ3) is 2.26. The van der Waals surface area contributed by atoms with Crippen LogP contribution in [0.3, 0.4) is 0 Å². The van der Waals surface area contributed by atoms with Crippen molar-refractivity contribution >= 4 is 17.5 Å². The van der Waals surface area contributed by atoms with E-state index in [0.717, 1.165) is 11.3 Å². The Balaban J connectivity index is 1.84. The lowest BCUT2D eigenvalue weighted by Gasteiger charge is -2.38. The molecule has 98 valence electrons. The van der Waals surface area contributed by atoms with Crippen molar-refractivity contribution < 1.29 is 0 Å². The normalized spacial score (nSPS) is 16.7. The van der Waals surface area contributed by atoms with E-state index in [1.54, 1.807) is 0 Å². The number of hydrogen-bond acceptors (Lipinski definition) is 4. The van der Waals surface area contributed by atoms with E-state index >= 15 is 0 Å². The second kappa shape index (κ2) is 4.53. The summed E-state index contributed by atoms with van der Waals surface area (Å²) in [5.41, 5.74) is 8.30. The summed E-state index contributed by atoms with van der Waals surface area (Å²) in [6.45, 7) is 2.23. The van der Waals surface area contributed by atoms with E-state index in [1.807, 2.05) is 36.5 Å². The van der Waals surface area contributed by atoms with Crippen molar-refractivity contribution in [1.29, 1.82) is 0 Å². The maximum atomic E-state index is 6.08. The molecule has 4 heteroatoms. The second-order valence-corrected chi connectivity index (χ2v) is 5.40. The lowest BCUT2D eigenvalue weighted by atomic mass is 9.66. The highest BCUT2D eigenvalue weighted by atomic mass is 15.1. The van der Waals surface area contributed by atoms with Crippen LogP contribution in [0.4, 0.5) is 17.5 Å². The lowest BCUT2D eigenvalue weighted by molar-refractivity contribution is 0.272. The number of nitrogens with two attached hydrogens (primary N) is 1. The molecule has 1 aromatic heterocycles. The number of nitrogens with zero attached hydrogens (tertiary/aromatic N) is 2. The molecule has 1 saturated carbocycles. The molecule has 3 rings (SSSR count). The standard InChI is InChI=1S/C15H18N4/c1-15(8-5-9-15)12-10-17-14(19-13(12)16)18-11-6-3-2-4-7-11/h2-4,6-7,10H,5,8-9H2,1H3,(H3,16,17,18,19). The fourth-order valence-corrected chi connectivity index (χ4v) is 2.55. The Kier molecular flexibility index (Phi) is 2.85. The molecule has 1 aliphatic carbocycles. The molecule has 4 nitrogen and oxygen atoms in total. The monoisotopic (exact) mass is 254 g/mol. The van der Waals surface area contributed by atoms with Crippen molar-refractivity contribution in [3.8, 4) is 0 Å². The molecule has 1 aromatic carbocycles. The van der Waals surface area contributed by atoms with Gasteiger partial charge in [0.2, 0.25) is 5.95 Å². The summed E-state index contributed by atoms with van der Waals surface area (Å²) in [5, 5.41) is 3.16. The number of para-hydroxylation sites is 1. The van der Waals surface area contributed by atoms with Crippen LogP contribution in [0.1, 0.15) is 31.7 Å². The van der Waals surface area contributed by atoms with E-state index < -0.39 is 0 Å². The molecule has 1 heterocycles. The Morgan fingerprint density at radius 2 is 1.95 bits per heavy atom. The molecule has 0 amide bonds. The topological polar surface area (TPSA) is 63.8 Å². The van der Waals surface area contributed by atoms with Crippen LogP contribution < -0.4 is 11.1 Å². The van der Waals surface area contributed by atoms with Gasteiger partial charge in [0.1, 0.15) is 5.82 Å². The third-order valence-corrected chi connectivity index (χ3v) is 3.96. The second-order valence-electron chi connectivity index (χ2n) is 5.40. The number of anilines is 3. The minimum Gasteiger partial charge on any atom is -0.383 e. The summed E-state index contributed by atoms with van der Waals surface area (Å²) >= 11 is 0. The zero-order valence-electron chi connectivity index (χ0n) is 11.1. The SMILES string of the molecule is CC1(c2cnc(Nc3ccccc3)nc2N)CCC1. The van der Waals surface area contributed by atoms with Gasteiger partial charge in [-0.3, -0.25) is 0 Å². The quantitative estimate of drug-likeness (QED) is 0.882. The van der Waals surface area contributed by atoms with Crippen molar-refractivity contribution in [2.24, 2.45) is 0 Å². The Labute approximate surface area is 113 Å². The molecule has 0 spiro atoms. The van der Waals surface area contributed by atoms with Gasteiger partial charge in [0.15, 0.2) is 0 Å². The van der Waals surface area contributed by atoms with E-state index in [9.17, 15) is 0 Å². The molecule has 0 radical (unpaired) electrons. The molecule has 3 N–H and O–H groups in total. The predicted octanol–water partition coefficient (Wildman–Crippen LogP) is 3.24. The van der Waals surface area contributed by atoms with E-state index in [2.05, 4.69) is 22.2 Å². The summed E-state index contributed by atoms with van der Waals surface area (Å²) in [5.74, 6) is 1.14. The van der Waals surface area contributed by atoms with Crippen LogP contribution in [-0.2, 0) is 5.41 Å². The van der Waals surface area contributed by atoms with Gasteiger partial charge >= 0.3 is 0 Å². The molecule has 1 fully saturated rings. The fraction of sp³-hybridized carbons (Fsp3) is 0.333. The van der Waals surface area contributed by atoms with Gasteiger partial charge in [-0.15, -0.1) is 0 Å². The first-order valence-electron chi connectivity index (χ1n) is 6.62. The summed E-state index contributed by atoms with van der Waals surface area (Å²) < 4.78 is 0. The van der Waals surface area contributed by atoms with Gasteiger partial charge in [-0.05, 0) is 30.4 Å². The van der Waals surface area contributed by atoms with Crippen molar-refractivity contribution in [2.45, 2.75) is 31.6 Å². The van der Waals surface area contributed by atoms with Crippen molar-refractivity contribution in [1.82, 2.24) is 9.97 Å². The lowest BCUT2D eigenvalue weighted by Crippen LogP contribution is -2.31. The molecule has 0 unspecified atom stereocenters. The highest BCUT2D eigenvalue weighted by Gasteiger charge is 2.36. The largest absolute Gasteiger partial charge is 0.383 e. The highest BCUT2D eigenvalue weighted by Crippen LogP contribution is 2.44. The van der Waals surface area contributed by atoms with Crippen molar-refractivity contribution in [2.75, 3.05) is 11.1 Å². The van der Waals surface area contributed by atoms with E-state index in [0.29, 0.717) is 11.8 Å². The van der Waals surface area contributed by atoms with Gasteiger partial charge in [0, 0.05) is 17.4 Å². The van der Waals surface area contributed by atoms with Gasteiger partial charge in [0.25, 0.3) is 0 Å². The Bertz CT molecular complexity index is 576. The van der Waals surface area contributed by atoms with Crippen LogP contribution in [-0.4, -0.2) is 9.97 Å². The Hall–Kier alpha value is -2.10. The maximum absolute atomic E-state index is 6.08. The molecule has 0 atom stereocenters. The van der Waals surface area contributed by atoms with Gasteiger partial charge < -0.3 is 11.1 Å². The van der Waals surface area contributed by atoms with Gasteiger partial charge in [-0.2, -0.15) is 4.98 Å². The Morgan fingerprint density at radius 1 is 1.21 bits per heavy atom. The van der Waals surface area contributed by atoms with E-state index in [-0.39, 0.29) is 5.41 Å². The zero-order valence-corrected chi connectivity index (χ0v) is 11.1. The minimum atomic E-state index is 0.176. The summed E-state index contributed by atoms with van der Waals surface area (Å²) in [6.07, 6.45) is 5.48. The minimum absolute atomic E-state index is 0.176. The molecule has 0 aliphatic heterocycles. The third-order valence-electron chi connectivity index (χ3n) is 3.96. The number of nitrogen functional groups attached to an aromatic ring is 1. The fourth-order valence-electron chi connectivity index (χ4n) is 2.55. The molecule has 0 saturated heterocycles. The number of hydrogen-bond donors (Lipinski definition) is 2. The average molecular weight is 254 g/mol. The first kappa shape index (κ1) is 12.0. The van der Waals surface area contributed by atoms with E-state index in [4.69, 9.17) is 5.73 Å². The molecular weight excluding hydrogens is 236 g/mol. The van der Waals surface area contributed by atoms with Crippen LogP contribution >= 0.6 is 0 Å². The summed E-state index contributed by atoms with van der Waals surface area (Å²) in [4.78, 5) is 8.75. The van der Waals surface area contributed by atoms with Crippen LogP contribution in [0, 0.1) is 0 Å². The predicted molar refractivity (Wildman–Crippen MR) is 77.4 cm³/mol. The zero-order chi connectivity index (χ0) is 13.3. The van der Waals surface area contributed by atoms with Crippen LogP contribution in [0.15, 0.2) is 36.5 Å². The first-order valence-corrected chi connectivity index (χ1v) is 6.62. The van der Waals surface area contributed by atoms with Crippen LogP contribution in [0.2, 0.25) is 0 Å². The number of benzene rings is 1. The average Bonchev–Trinajstić information content (AvgIpc) is 2.37. The highest BCUT2D eigenvalue weighted by molar-refractivity contribution is 5.56. The van der Waals surface area contributed by atoms with Crippen LogP contribution in [0.5, 0.6) is 0 Å². The molecule has 1 aliphatic rings. The van der Waals surface area contributed by atoms with Crippen molar-refractivity contribution in [3.63, 3.8) is 0 Å². The first-order chi connectivity index (χ1) is 9.17. The Morgan fingerprint density at radius 3 is 2.53 bits per heavy atom. The molecule has 0 bridgehead atoms. The van der Waals surface area contributed by atoms with Gasteiger partial charge in [-0.25, -0.2) is 4.98 Å². The maximum Gasteiger partial charge on any atom is 0.229 e. The molecule has 2 aromatic rings. The summed E-state index contributed by atoms with van der Waals surface area (Å²) in [6, 6.07) is 9.85. The smallest absolute Gasteiger partial charge is 0.229 e. The van der Waals surface area contributed by atoms with Crippen molar-refractivity contribution in [3.05, 3.63) is 42.1 Å².